The molecule has 0 bridgehead atoms. The highest BCUT2D eigenvalue weighted by Crippen LogP contribution is 2.31. The summed E-state index contributed by atoms with van der Waals surface area (Å²) in [6.07, 6.45) is 3.28. The number of nitrogens with zero attached hydrogens (tertiary/aromatic N) is 4. The lowest BCUT2D eigenvalue weighted by atomic mass is 10.2. The maximum atomic E-state index is 6.02. The second-order valence-corrected chi connectivity index (χ2v) is 6.86. The largest absolute Gasteiger partial charge is 0.438 e. The molecule has 1 aliphatic rings. The molecule has 1 atom stereocenters. The third kappa shape index (κ3) is 3.30. The zero-order valence-electron chi connectivity index (χ0n) is 14.7. The van der Waals surface area contributed by atoms with Gasteiger partial charge in [0.1, 0.15) is 18.2 Å². The smallest absolute Gasteiger partial charge is 0.256 e. The molecule has 140 valence electrons. The van der Waals surface area contributed by atoms with Gasteiger partial charge in [0, 0.05) is 17.2 Å². The molecule has 7 nitrogen and oxygen atoms in total. The van der Waals surface area contributed by atoms with E-state index < -0.39 is 0 Å². The van der Waals surface area contributed by atoms with Crippen LogP contribution in [0.2, 0.25) is 5.02 Å². The first kappa shape index (κ1) is 17.1. The molecule has 1 fully saturated rings. The van der Waals surface area contributed by atoms with Crippen molar-refractivity contribution in [3.63, 3.8) is 0 Å². The summed E-state index contributed by atoms with van der Waals surface area (Å²) in [4.78, 5) is 12.9. The van der Waals surface area contributed by atoms with Crippen molar-refractivity contribution in [1.29, 1.82) is 0 Å². The number of hydrogen-bond acceptors (Lipinski definition) is 7. The van der Waals surface area contributed by atoms with Crippen LogP contribution in [-0.4, -0.2) is 26.7 Å². The van der Waals surface area contributed by atoms with Gasteiger partial charge in [0.05, 0.1) is 10.9 Å². The fourth-order valence-electron chi connectivity index (χ4n) is 3.13. The summed E-state index contributed by atoms with van der Waals surface area (Å²) in [5.41, 5.74) is 1.56. The Kier molecular flexibility index (Phi) is 4.38. The van der Waals surface area contributed by atoms with E-state index in [2.05, 4.69) is 20.1 Å². The molecule has 0 aliphatic carbocycles. The standard InChI is InChI=1S/C20H15ClN4O3/c21-13-5-8-15-16(10-13)22-11-23-19(15)27-14-6-3-12(4-7-14)18-24-20(28-25-18)17-2-1-9-26-17/h3-8,10-11,17H,1-2,9H2. The Labute approximate surface area is 165 Å². The number of aromatic nitrogens is 4. The number of ether oxygens (including phenoxy) is 2. The van der Waals surface area contributed by atoms with Crippen LogP contribution in [0.4, 0.5) is 0 Å². The van der Waals surface area contributed by atoms with Crippen LogP contribution in [0.25, 0.3) is 22.3 Å². The molecular formula is C20H15ClN4O3. The lowest BCUT2D eigenvalue weighted by Gasteiger charge is -2.07. The molecule has 8 heteroatoms. The summed E-state index contributed by atoms with van der Waals surface area (Å²) in [6.45, 7) is 0.734. The van der Waals surface area contributed by atoms with Gasteiger partial charge in [0.15, 0.2) is 0 Å². The molecule has 3 heterocycles. The predicted molar refractivity (Wildman–Crippen MR) is 102 cm³/mol. The van der Waals surface area contributed by atoms with Gasteiger partial charge in [-0.25, -0.2) is 9.97 Å². The molecule has 2 aromatic carbocycles. The van der Waals surface area contributed by atoms with Crippen molar-refractivity contribution in [3.05, 3.63) is 59.7 Å². The predicted octanol–water partition coefficient (Wildman–Crippen LogP) is 4.98. The van der Waals surface area contributed by atoms with Crippen LogP contribution >= 0.6 is 11.6 Å². The fourth-order valence-corrected chi connectivity index (χ4v) is 3.29. The van der Waals surface area contributed by atoms with Gasteiger partial charge in [-0.1, -0.05) is 16.8 Å². The Hall–Kier alpha value is -3.03. The summed E-state index contributed by atoms with van der Waals surface area (Å²) in [5, 5.41) is 5.46. The van der Waals surface area contributed by atoms with Gasteiger partial charge in [0.25, 0.3) is 5.89 Å². The van der Waals surface area contributed by atoms with Crippen LogP contribution in [-0.2, 0) is 4.74 Å². The first-order valence-corrected chi connectivity index (χ1v) is 9.28. The van der Waals surface area contributed by atoms with E-state index in [0.717, 1.165) is 35.9 Å². The average Bonchev–Trinajstić information content (AvgIpc) is 3.40. The third-order valence-corrected chi connectivity index (χ3v) is 4.77. The van der Waals surface area contributed by atoms with Crippen molar-refractivity contribution in [1.82, 2.24) is 20.1 Å². The summed E-state index contributed by atoms with van der Waals surface area (Å²) in [6, 6.07) is 12.8. The van der Waals surface area contributed by atoms with Crippen molar-refractivity contribution >= 4 is 22.5 Å². The quantitative estimate of drug-likeness (QED) is 0.482. The number of rotatable bonds is 4. The van der Waals surface area contributed by atoms with Gasteiger partial charge < -0.3 is 14.0 Å². The molecule has 1 unspecified atom stereocenters. The Morgan fingerprint density at radius 1 is 1.07 bits per heavy atom. The van der Waals surface area contributed by atoms with Crippen molar-refractivity contribution in [2.75, 3.05) is 6.61 Å². The number of benzene rings is 2. The topological polar surface area (TPSA) is 83.2 Å². The van der Waals surface area contributed by atoms with Gasteiger partial charge in [-0.15, -0.1) is 0 Å². The molecule has 0 N–H and O–H groups in total. The number of halogens is 1. The second kappa shape index (κ2) is 7.18. The van der Waals surface area contributed by atoms with E-state index in [-0.39, 0.29) is 6.10 Å². The maximum Gasteiger partial charge on any atom is 0.256 e. The fraction of sp³-hybridized carbons (Fsp3) is 0.200. The lowest BCUT2D eigenvalue weighted by molar-refractivity contribution is 0.0835. The van der Waals surface area contributed by atoms with E-state index in [0.29, 0.717) is 28.4 Å². The molecule has 1 saturated heterocycles. The van der Waals surface area contributed by atoms with Gasteiger partial charge in [-0.3, -0.25) is 0 Å². The van der Waals surface area contributed by atoms with Crippen molar-refractivity contribution < 1.29 is 14.0 Å². The molecule has 4 aromatic rings. The molecule has 28 heavy (non-hydrogen) atoms. The lowest BCUT2D eigenvalue weighted by Crippen LogP contribution is -1.95. The molecule has 2 aromatic heterocycles. The third-order valence-electron chi connectivity index (χ3n) is 4.54. The zero-order valence-corrected chi connectivity index (χ0v) is 15.5. The molecule has 5 rings (SSSR count). The van der Waals surface area contributed by atoms with E-state index in [4.69, 9.17) is 25.6 Å². The average molecular weight is 395 g/mol. The summed E-state index contributed by atoms with van der Waals surface area (Å²) in [7, 11) is 0. The van der Waals surface area contributed by atoms with Crippen LogP contribution < -0.4 is 4.74 Å². The van der Waals surface area contributed by atoms with Crippen LogP contribution in [0, 0.1) is 0 Å². The van der Waals surface area contributed by atoms with Crippen molar-refractivity contribution in [2.24, 2.45) is 0 Å². The maximum absolute atomic E-state index is 6.02. The highest BCUT2D eigenvalue weighted by atomic mass is 35.5. The van der Waals surface area contributed by atoms with Gasteiger partial charge >= 0.3 is 0 Å². The zero-order chi connectivity index (χ0) is 18.9. The monoisotopic (exact) mass is 394 g/mol. The van der Waals surface area contributed by atoms with E-state index in [1.165, 1.54) is 6.33 Å². The summed E-state index contributed by atoms with van der Waals surface area (Å²) in [5.74, 6) is 2.16. The van der Waals surface area contributed by atoms with Gasteiger partial charge in [-0.05, 0) is 55.3 Å². The Bertz CT molecular complexity index is 1120. The van der Waals surface area contributed by atoms with Crippen LogP contribution in [0.15, 0.2) is 53.3 Å². The first-order chi connectivity index (χ1) is 13.8. The van der Waals surface area contributed by atoms with E-state index >= 15 is 0 Å². The van der Waals surface area contributed by atoms with E-state index in [9.17, 15) is 0 Å². The summed E-state index contributed by atoms with van der Waals surface area (Å²) < 4.78 is 16.9. The minimum atomic E-state index is -0.0941. The van der Waals surface area contributed by atoms with Crippen molar-refractivity contribution in [3.8, 4) is 23.0 Å². The van der Waals surface area contributed by atoms with E-state index in [1.54, 1.807) is 12.1 Å². The minimum absolute atomic E-state index is 0.0941. The second-order valence-electron chi connectivity index (χ2n) is 6.42. The number of fused-ring (bicyclic) bond motifs is 1. The number of hydrogen-bond donors (Lipinski definition) is 0. The Balaban J connectivity index is 1.37. The molecule has 0 saturated carbocycles. The SMILES string of the molecule is Clc1ccc2c(Oc3ccc(-c4noc(C5CCCO5)n4)cc3)ncnc2c1. The van der Waals surface area contributed by atoms with Crippen LogP contribution in [0.1, 0.15) is 24.8 Å². The molecule has 1 aliphatic heterocycles. The van der Waals surface area contributed by atoms with Crippen molar-refractivity contribution in [2.45, 2.75) is 18.9 Å². The van der Waals surface area contributed by atoms with Crippen LogP contribution in [0.5, 0.6) is 11.6 Å². The molecule has 0 amide bonds. The highest BCUT2D eigenvalue weighted by molar-refractivity contribution is 6.31. The molecule has 0 spiro atoms. The minimum Gasteiger partial charge on any atom is -0.438 e. The first-order valence-electron chi connectivity index (χ1n) is 8.90. The van der Waals surface area contributed by atoms with Gasteiger partial charge in [-0.2, -0.15) is 4.98 Å². The Morgan fingerprint density at radius 2 is 1.96 bits per heavy atom. The Morgan fingerprint density at radius 3 is 2.79 bits per heavy atom. The van der Waals surface area contributed by atoms with E-state index in [1.807, 2.05) is 30.3 Å². The molecule has 0 radical (unpaired) electrons. The highest BCUT2D eigenvalue weighted by Gasteiger charge is 2.24. The molecular weight excluding hydrogens is 380 g/mol. The summed E-state index contributed by atoms with van der Waals surface area (Å²) >= 11 is 6.02. The van der Waals surface area contributed by atoms with Gasteiger partial charge in [0.2, 0.25) is 11.7 Å². The van der Waals surface area contributed by atoms with Crippen LogP contribution in [0.3, 0.4) is 0 Å². The normalized spacial score (nSPS) is 16.5.